The third kappa shape index (κ3) is 4.20. The van der Waals surface area contributed by atoms with E-state index in [1.54, 1.807) is 24.4 Å². The fraction of sp³-hybridized carbons (Fsp3) is 0.333. The van der Waals surface area contributed by atoms with Crippen LogP contribution in [0.1, 0.15) is 36.0 Å². The van der Waals surface area contributed by atoms with Crippen LogP contribution in [0.4, 0.5) is 5.82 Å². The molecule has 8 heteroatoms. The summed E-state index contributed by atoms with van der Waals surface area (Å²) in [5.74, 6) is 0.148. The Bertz CT molecular complexity index is 879. The summed E-state index contributed by atoms with van der Waals surface area (Å²) in [6.07, 6.45) is 5.22. The molecule has 3 rings (SSSR count). The third-order valence-electron chi connectivity index (χ3n) is 4.30. The van der Waals surface area contributed by atoms with Gasteiger partial charge in [0, 0.05) is 17.8 Å². The van der Waals surface area contributed by atoms with Crippen LogP contribution in [0.5, 0.6) is 5.75 Å². The third-order valence-corrected chi connectivity index (χ3v) is 5.84. The predicted molar refractivity (Wildman–Crippen MR) is 97.8 cm³/mol. The molecule has 0 saturated heterocycles. The van der Waals surface area contributed by atoms with Crippen LogP contribution < -0.4 is 14.8 Å². The van der Waals surface area contributed by atoms with Gasteiger partial charge in [0.15, 0.2) is 0 Å². The lowest BCUT2D eigenvalue weighted by molar-refractivity contribution is 0.102. The molecule has 2 N–H and O–H groups in total. The molecule has 1 aromatic carbocycles. The molecule has 1 saturated carbocycles. The largest absolute Gasteiger partial charge is 0.495 e. The summed E-state index contributed by atoms with van der Waals surface area (Å²) in [6, 6.07) is 9.40. The molecular formula is C18H21N3O4S. The van der Waals surface area contributed by atoms with E-state index in [4.69, 9.17) is 4.74 Å². The molecular weight excluding hydrogens is 354 g/mol. The Labute approximate surface area is 152 Å². The molecule has 0 bridgehead atoms. The minimum absolute atomic E-state index is 0.0411. The summed E-state index contributed by atoms with van der Waals surface area (Å²) in [5, 5.41) is 2.64. The van der Waals surface area contributed by atoms with Crippen LogP contribution in [0, 0.1) is 0 Å². The van der Waals surface area contributed by atoms with Crippen LogP contribution in [0.15, 0.2) is 47.5 Å². The number of pyridine rings is 1. The standard InChI is InChI=1S/C18H21N3O4S/c1-25-15-10-9-13(18(22)20-17-8-4-5-11-19-17)12-16(15)26(23,24)21-14-6-2-3-7-14/h4-5,8-12,14,21H,2-3,6-7H2,1H3,(H,19,20,22). The van der Waals surface area contributed by atoms with Crippen molar-refractivity contribution in [3.63, 3.8) is 0 Å². The van der Waals surface area contributed by atoms with Crippen LogP contribution in [-0.4, -0.2) is 32.5 Å². The first-order valence-electron chi connectivity index (χ1n) is 8.42. The molecule has 2 aromatic rings. The zero-order valence-corrected chi connectivity index (χ0v) is 15.3. The second-order valence-corrected chi connectivity index (χ2v) is 7.82. The highest BCUT2D eigenvalue weighted by Gasteiger charge is 2.26. The number of sulfonamides is 1. The maximum Gasteiger partial charge on any atom is 0.256 e. The number of amides is 1. The Kier molecular flexibility index (Phi) is 5.53. The molecule has 1 aliphatic rings. The van der Waals surface area contributed by atoms with E-state index in [2.05, 4.69) is 15.0 Å². The van der Waals surface area contributed by atoms with Crippen molar-refractivity contribution in [1.29, 1.82) is 0 Å². The lowest BCUT2D eigenvalue weighted by Crippen LogP contribution is -2.33. The summed E-state index contributed by atoms with van der Waals surface area (Å²) in [6.45, 7) is 0. The van der Waals surface area contributed by atoms with Crippen LogP contribution in [0.2, 0.25) is 0 Å². The molecule has 0 atom stereocenters. The van der Waals surface area contributed by atoms with Gasteiger partial charge in [-0.15, -0.1) is 0 Å². The van der Waals surface area contributed by atoms with Gasteiger partial charge in [-0.3, -0.25) is 4.79 Å². The number of nitrogens with zero attached hydrogens (tertiary/aromatic N) is 1. The highest BCUT2D eigenvalue weighted by molar-refractivity contribution is 7.89. The zero-order chi connectivity index (χ0) is 18.6. The number of carbonyl (C=O) groups excluding carboxylic acids is 1. The monoisotopic (exact) mass is 375 g/mol. The second kappa shape index (κ2) is 7.84. The molecule has 0 aliphatic heterocycles. The molecule has 1 fully saturated rings. The number of rotatable bonds is 6. The number of hydrogen-bond acceptors (Lipinski definition) is 5. The molecule has 1 amide bonds. The zero-order valence-electron chi connectivity index (χ0n) is 14.4. The Hall–Kier alpha value is -2.45. The summed E-state index contributed by atoms with van der Waals surface area (Å²) < 4.78 is 33.4. The fourth-order valence-electron chi connectivity index (χ4n) is 2.98. The second-order valence-electron chi connectivity index (χ2n) is 6.14. The highest BCUT2D eigenvalue weighted by atomic mass is 32.2. The number of aromatic nitrogens is 1. The van der Waals surface area contributed by atoms with E-state index in [0.29, 0.717) is 5.82 Å². The molecule has 138 valence electrons. The Morgan fingerprint density at radius 3 is 2.62 bits per heavy atom. The number of carbonyl (C=O) groups is 1. The SMILES string of the molecule is COc1ccc(C(=O)Nc2ccccn2)cc1S(=O)(=O)NC1CCCC1. The van der Waals surface area contributed by atoms with E-state index in [-0.39, 0.29) is 22.3 Å². The maximum atomic E-state index is 12.8. The first kappa shape index (κ1) is 18.3. The van der Waals surface area contributed by atoms with Gasteiger partial charge >= 0.3 is 0 Å². The van der Waals surface area contributed by atoms with E-state index >= 15 is 0 Å². The predicted octanol–water partition coefficient (Wildman–Crippen LogP) is 2.56. The summed E-state index contributed by atoms with van der Waals surface area (Å²) in [4.78, 5) is 16.4. The van der Waals surface area contributed by atoms with Crippen LogP contribution in [0.3, 0.4) is 0 Å². The lowest BCUT2D eigenvalue weighted by atomic mass is 10.2. The summed E-state index contributed by atoms with van der Waals surface area (Å²) >= 11 is 0. The van der Waals surface area contributed by atoms with Gasteiger partial charge in [-0.1, -0.05) is 18.9 Å². The van der Waals surface area contributed by atoms with Gasteiger partial charge in [0.1, 0.15) is 16.5 Å². The Morgan fingerprint density at radius 2 is 1.96 bits per heavy atom. The van der Waals surface area contributed by atoms with Crippen molar-refractivity contribution in [2.24, 2.45) is 0 Å². The quantitative estimate of drug-likeness (QED) is 0.809. The molecule has 0 radical (unpaired) electrons. The maximum absolute atomic E-state index is 12.8. The average Bonchev–Trinajstić information content (AvgIpc) is 3.14. The van der Waals surface area contributed by atoms with E-state index in [9.17, 15) is 13.2 Å². The highest BCUT2D eigenvalue weighted by Crippen LogP contribution is 2.27. The van der Waals surface area contributed by atoms with Crippen molar-refractivity contribution in [2.45, 2.75) is 36.6 Å². The van der Waals surface area contributed by atoms with Gasteiger partial charge in [-0.05, 0) is 43.2 Å². The lowest BCUT2D eigenvalue weighted by Gasteiger charge is -2.15. The smallest absolute Gasteiger partial charge is 0.256 e. The van der Waals surface area contributed by atoms with Crippen LogP contribution in [0.25, 0.3) is 0 Å². The molecule has 0 unspecified atom stereocenters. The van der Waals surface area contributed by atoms with Gasteiger partial charge < -0.3 is 10.1 Å². The first-order valence-corrected chi connectivity index (χ1v) is 9.90. The minimum atomic E-state index is -3.79. The number of ether oxygens (including phenoxy) is 1. The van der Waals surface area contributed by atoms with E-state index in [1.165, 1.54) is 25.3 Å². The molecule has 1 aliphatic carbocycles. The summed E-state index contributed by atoms with van der Waals surface area (Å²) in [7, 11) is -2.39. The number of anilines is 1. The topological polar surface area (TPSA) is 97.4 Å². The molecule has 1 heterocycles. The number of methoxy groups -OCH3 is 1. The molecule has 26 heavy (non-hydrogen) atoms. The van der Waals surface area contributed by atoms with E-state index in [0.717, 1.165) is 25.7 Å². The van der Waals surface area contributed by atoms with Crippen molar-refractivity contribution in [3.8, 4) is 5.75 Å². The van der Waals surface area contributed by atoms with Gasteiger partial charge in [-0.25, -0.2) is 18.1 Å². The Morgan fingerprint density at radius 1 is 1.19 bits per heavy atom. The van der Waals surface area contributed by atoms with Gasteiger partial charge in [0.25, 0.3) is 5.91 Å². The first-order chi connectivity index (χ1) is 12.5. The summed E-state index contributed by atoms with van der Waals surface area (Å²) in [5.41, 5.74) is 0.211. The molecule has 1 aromatic heterocycles. The Balaban J connectivity index is 1.87. The van der Waals surface area contributed by atoms with Crippen molar-refractivity contribution >= 4 is 21.7 Å². The average molecular weight is 375 g/mol. The minimum Gasteiger partial charge on any atom is -0.495 e. The van der Waals surface area contributed by atoms with Crippen molar-refractivity contribution in [3.05, 3.63) is 48.2 Å². The van der Waals surface area contributed by atoms with Crippen LogP contribution in [-0.2, 0) is 10.0 Å². The van der Waals surface area contributed by atoms with Crippen molar-refractivity contribution in [2.75, 3.05) is 12.4 Å². The van der Waals surface area contributed by atoms with Gasteiger partial charge in [-0.2, -0.15) is 0 Å². The normalized spacial score (nSPS) is 15.0. The molecule has 0 spiro atoms. The van der Waals surface area contributed by atoms with Crippen molar-refractivity contribution < 1.29 is 17.9 Å². The van der Waals surface area contributed by atoms with Crippen molar-refractivity contribution in [1.82, 2.24) is 9.71 Å². The number of nitrogens with one attached hydrogen (secondary N) is 2. The number of benzene rings is 1. The van der Waals surface area contributed by atoms with Gasteiger partial charge in [0.2, 0.25) is 10.0 Å². The van der Waals surface area contributed by atoms with Crippen LogP contribution >= 0.6 is 0 Å². The molecule has 7 nitrogen and oxygen atoms in total. The van der Waals surface area contributed by atoms with E-state index in [1.807, 2.05) is 0 Å². The fourth-order valence-corrected chi connectivity index (χ4v) is 4.48. The number of hydrogen-bond donors (Lipinski definition) is 2. The van der Waals surface area contributed by atoms with E-state index < -0.39 is 15.9 Å². The van der Waals surface area contributed by atoms with Gasteiger partial charge in [0.05, 0.1) is 7.11 Å².